The van der Waals surface area contributed by atoms with E-state index in [-0.39, 0.29) is 11.3 Å². The highest BCUT2D eigenvalue weighted by molar-refractivity contribution is 6.02. The number of amides is 1. The van der Waals surface area contributed by atoms with E-state index >= 15 is 0 Å². The van der Waals surface area contributed by atoms with Crippen LogP contribution in [0.4, 0.5) is 4.79 Å². The maximum Gasteiger partial charge on any atom is 0.433 e. The first-order chi connectivity index (χ1) is 7.30. The lowest BCUT2D eigenvalue weighted by atomic mass is 9.87. The minimum atomic E-state index is -1.28. The molecule has 0 aliphatic carbocycles. The van der Waals surface area contributed by atoms with Crippen molar-refractivity contribution in [1.82, 2.24) is 0 Å². The van der Waals surface area contributed by atoms with E-state index < -0.39 is 6.09 Å². The zero-order valence-corrected chi connectivity index (χ0v) is 9.69. The van der Waals surface area contributed by atoms with Crippen LogP contribution >= 0.6 is 0 Å². The summed E-state index contributed by atoms with van der Waals surface area (Å²) in [6, 6.07) is 7.42. The van der Waals surface area contributed by atoms with Crippen LogP contribution in [-0.2, 0) is 5.41 Å². The number of aliphatic imine (C=N–C) groups is 1. The summed E-state index contributed by atoms with van der Waals surface area (Å²) in [7, 11) is 0. The van der Waals surface area contributed by atoms with Crippen molar-refractivity contribution < 1.29 is 9.90 Å². The molecule has 0 atom stereocenters. The maximum atomic E-state index is 10.3. The SMILES string of the molecule is CC(C)(C)c1ccc(C(N)=NC(=O)O)cc1. The molecule has 3 N–H and O–H groups in total. The second-order valence-electron chi connectivity index (χ2n) is 4.61. The molecule has 4 heteroatoms. The van der Waals surface area contributed by atoms with E-state index in [1.54, 1.807) is 12.1 Å². The summed E-state index contributed by atoms with van der Waals surface area (Å²) in [6.45, 7) is 6.32. The smallest absolute Gasteiger partial charge is 0.433 e. The van der Waals surface area contributed by atoms with Gasteiger partial charge in [0.05, 0.1) is 0 Å². The zero-order chi connectivity index (χ0) is 12.3. The fourth-order valence-electron chi connectivity index (χ4n) is 1.31. The average Bonchev–Trinajstić information content (AvgIpc) is 2.15. The summed E-state index contributed by atoms with van der Waals surface area (Å²) in [4.78, 5) is 13.6. The summed E-state index contributed by atoms with van der Waals surface area (Å²) in [5.74, 6) is 0.0213. The number of hydrogen-bond acceptors (Lipinski definition) is 1. The highest BCUT2D eigenvalue weighted by atomic mass is 16.4. The summed E-state index contributed by atoms with van der Waals surface area (Å²) < 4.78 is 0. The monoisotopic (exact) mass is 220 g/mol. The molecule has 0 radical (unpaired) electrons. The Hall–Kier alpha value is -1.84. The molecule has 0 fully saturated rings. The number of hydrogen-bond donors (Lipinski definition) is 2. The van der Waals surface area contributed by atoms with Gasteiger partial charge in [-0.1, -0.05) is 45.0 Å². The van der Waals surface area contributed by atoms with Crippen molar-refractivity contribution in [2.75, 3.05) is 0 Å². The molecule has 0 heterocycles. The summed E-state index contributed by atoms with van der Waals surface area (Å²) in [5, 5.41) is 8.46. The Balaban J connectivity index is 3.00. The molecule has 1 amide bonds. The van der Waals surface area contributed by atoms with Crippen molar-refractivity contribution in [2.24, 2.45) is 10.7 Å². The van der Waals surface area contributed by atoms with Crippen LogP contribution in [0.2, 0.25) is 0 Å². The molecule has 0 saturated heterocycles. The number of carboxylic acid groups (broad SMARTS) is 1. The fraction of sp³-hybridized carbons (Fsp3) is 0.333. The van der Waals surface area contributed by atoms with Crippen molar-refractivity contribution in [3.05, 3.63) is 35.4 Å². The molecule has 0 unspecified atom stereocenters. The van der Waals surface area contributed by atoms with Crippen LogP contribution in [0.1, 0.15) is 31.9 Å². The Labute approximate surface area is 94.8 Å². The molecule has 86 valence electrons. The van der Waals surface area contributed by atoms with Crippen LogP contribution in [0.3, 0.4) is 0 Å². The van der Waals surface area contributed by atoms with Gasteiger partial charge in [-0.05, 0) is 11.0 Å². The molecule has 4 nitrogen and oxygen atoms in total. The van der Waals surface area contributed by atoms with Gasteiger partial charge in [0, 0.05) is 5.56 Å². The summed E-state index contributed by atoms with van der Waals surface area (Å²) >= 11 is 0. The van der Waals surface area contributed by atoms with Crippen LogP contribution in [0.25, 0.3) is 0 Å². The van der Waals surface area contributed by atoms with Crippen LogP contribution in [0.15, 0.2) is 29.3 Å². The summed E-state index contributed by atoms with van der Waals surface area (Å²) in [5.41, 5.74) is 7.38. The molecule has 0 aromatic heterocycles. The number of carbonyl (C=O) groups is 1. The lowest BCUT2D eigenvalue weighted by Gasteiger charge is -2.18. The second-order valence-corrected chi connectivity index (χ2v) is 4.61. The van der Waals surface area contributed by atoms with E-state index in [0.29, 0.717) is 5.56 Å². The van der Waals surface area contributed by atoms with Gasteiger partial charge >= 0.3 is 6.09 Å². The zero-order valence-electron chi connectivity index (χ0n) is 9.69. The van der Waals surface area contributed by atoms with Gasteiger partial charge in [0.25, 0.3) is 0 Å². The predicted octanol–water partition coefficient (Wildman–Crippen LogP) is 2.37. The third kappa shape index (κ3) is 3.08. The Morgan fingerprint density at radius 1 is 1.25 bits per heavy atom. The lowest BCUT2D eigenvalue weighted by Crippen LogP contribution is -2.16. The van der Waals surface area contributed by atoms with Gasteiger partial charge in [-0.3, -0.25) is 0 Å². The van der Waals surface area contributed by atoms with Crippen LogP contribution in [-0.4, -0.2) is 17.0 Å². The first-order valence-corrected chi connectivity index (χ1v) is 4.98. The van der Waals surface area contributed by atoms with E-state index in [2.05, 4.69) is 25.8 Å². The molecule has 1 aromatic carbocycles. The molecular weight excluding hydrogens is 204 g/mol. The minimum Gasteiger partial charge on any atom is -0.463 e. The molecule has 0 aliphatic heterocycles. The molecule has 0 spiro atoms. The molecule has 16 heavy (non-hydrogen) atoms. The van der Waals surface area contributed by atoms with Gasteiger partial charge in [-0.15, -0.1) is 0 Å². The number of benzene rings is 1. The normalized spacial score (nSPS) is 12.6. The number of nitrogens with zero attached hydrogens (tertiary/aromatic N) is 1. The van der Waals surface area contributed by atoms with Crippen LogP contribution < -0.4 is 5.73 Å². The molecule has 0 bridgehead atoms. The highest BCUT2D eigenvalue weighted by Gasteiger charge is 2.13. The third-order valence-electron chi connectivity index (χ3n) is 2.26. The number of rotatable bonds is 1. The first kappa shape index (κ1) is 12.2. The van der Waals surface area contributed by atoms with Crippen molar-refractivity contribution in [1.29, 1.82) is 0 Å². The molecular formula is C12H16N2O2. The first-order valence-electron chi connectivity index (χ1n) is 4.98. The van der Waals surface area contributed by atoms with Gasteiger partial charge < -0.3 is 10.8 Å². The Morgan fingerprint density at radius 2 is 1.75 bits per heavy atom. The number of amidine groups is 1. The van der Waals surface area contributed by atoms with Crippen LogP contribution in [0.5, 0.6) is 0 Å². The maximum absolute atomic E-state index is 10.3. The topological polar surface area (TPSA) is 75.7 Å². The van der Waals surface area contributed by atoms with Gasteiger partial charge in [0.15, 0.2) is 0 Å². The van der Waals surface area contributed by atoms with Crippen molar-refractivity contribution in [2.45, 2.75) is 26.2 Å². The van der Waals surface area contributed by atoms with Crippen molar-refractivity contribution in [3.63, 3.8) is 0 Å². The van der Waals surface area contributed by atoms with Gasteiger partial charge in [-0.2, -0.15) is 4.99 Å². The predicted molar refractivity (Wildman–Crippen MR) is 63.9 cm³/mol. The largest absolute Gasteiger partial charge is 0.463 e. The van der Waals surface area contributed by atoms with Gasteiger partial charge in [0.1, 0.15) is 5.84 Å². The minimum absolute atomic E-state index is 0.0213. The van der Waals surface area contributed by atoms with Gasteiger partial charge in [-0.25, -0.2) is 4.79 Å². The van der Waals surface area contributed by atoms with Crippen LogP contribution in [0, 0.1) is 0 Å². The lowest BCUT2D eigenvalue weighted by molar-refractivity contribution is 0.205. The average molecular weight is 220 g/mol. The Kier molecular flexibility index (Phi) is 3.32. The van der Waals surface area contributed by atoms with E-state index in [1.807, 2.05) is 12.1 Å². The Morgan fingerprint density at radius 3 is 2.12 bits per heavy atom. The van der Waals surface area contributed by atoms with Crippen molar-refractivity contribution >= 4 is 11.9 Å². The quantitative estimate of drug-likeness (QED) is 0.563. The van der Waals surface area contributed by atoms with E-state index in [1.165, 1.54) is 5.56 Å². The van der Waals surface area contributed by atoms with Gasteiger partial charge in [0.2, 0.25) is 0 Å². The van der Waals surface area contributed by atoms with E-state index in [4.69, 9.17) is 10.8 Å². The highest BCUT2D eigenvalue weighted by Crippen LogP contribution is 2.22. The Bertz CT molecular complexity index is 414. The van der Waals surface area contributed by atoms with Crippen molar-refractivity contribution in [3.8, 4) is 0 Å². The molecule has 0 saturated carbocycles. The molecule has 1 aromatic rings. The molecule has 1 rings (SSSR count). The van der Waals surface area contributed by atoms with E-state index in [9.17, 15) is 4.79 Å². The standard InChI is InChI=1S/C12H16N2O2/c1-12(2,3)9-6-4-8(5-7-9)10(13)14-11(15)16/h4-7H,1-3H3,(H2,13,14)(H,15,16). The third-order valence-corrected chi connectivity index (χ3v) is 2.26. The van der Waals surface area contributed by atoms with E-state index in [0.717, 1.165) is 0 Å². The number of nitrogens with two attached hydrogens (primary N) is 1. The molecule has 0 aliphatic rings. The summed E-state index contributed by atoms with van der Waals surface area (Å²) in [6.07, 6.45) is -1.28. The second kappa shape index (κ2) is 4.35. The fourth-order valence-corrected chi connectivity index (χ4v) is 1.31.